The van der Waals surface area contributed by atoms with Gasteiger partial charge >= 0.3 is 0 Å². The second-order valence-corrected chi connectivity index (χ2v) is 8.15. The number of hydrogen-bond donors (Lipinski definition) is 1. The smallest absolute Gasteiger partial charge is 0.276 e. The molecule has 0 radical (unpaired) electrons. The van der Waals surface area contributed by atoms with Crippen LogP contribution >= 0.6 is 11.6 Å². The first-order valence-electron chi connectivity index (χ1n) is 10.1. The molecule has 2 aromatic rings. The number of benzene rings is 2. The molecule has 3 rings (SSSR count). The Labute approximate surface area is 191 Å². The highest BCUT2D eigenvalue weighted by molar-refractivity contribution is 6.30. The molecule has 1 unspecified atom stereocenters. The number of carbonyl (C=O) groups excluding carboxylic acids is 4. The number of nitrogens with one attached hydrogen (secondary N) is 1. The Hall–Kier alpha value is -3.39. The van der Waals surface area contributed by atoms with Crippen molar-refractivity contribution in [2.24, 2.45) is 5.92 Å². The molecule has 1 fully saturated rings. The lowest BCUT2D eigenvalue weighted by Crippen LogP contribution is -2.56. The number of ether oxygens (including phenoxy) is 1. The maximum Gasteiger partial charge on any atom is 0.276 e. The summed E-state index contributed by atoms with van der Waals surface area (Å²) in [6.07, 6.45) is -0.232. The number of halogens is 1. The number of aryl methyl sites for hydroxylation is 1. The molecule has 8 nitrogen and oxygen atoms in total. The molecular weight excluding hydrogens is 434 g/mol. The molecule has 9 heteroatoms. The zero-order valence-electron chi connectivity index (χ0n) is 18.0. The third kappa shape index (κ3) is 5.08. The van der Waals surface area contributed by atoms with E-state index < -0.39 is 35.6 Å². The molecule has 2 aromatic carbocycles. The van der Waals surface area contributed by atoms with Gasteiger partial charge in [0.05, 0.1) is 12.1 Å². The number of rotatable bonds is 6. The van der Waals surface area contributed by atoms with Gasteiger partial charge < -0.3 is 4.74 Å². The van der Waals surface area contributed by atoms with Crippen molar-refractivity contribution < 1.29 is 23.9 Å². The zero-order chi connectivity index (χ0) is 23.4. The summed E-state index contributed by atoms with van der Waals surface area (Å²) in [5.41, 5.74) is 3.66. The predicted octanol–water partition coefficient (Wildman–Crippen LogP) is 2.88. The minimum atomic E-state index is -1.14. The Bertz CT molecular complexity index is 1040. The predicted molar refractivity (Wildman–Crippen MR) is 119 cm³/mol. The van der Waals surface area contributed by atoms with Crippen LogP contribution in [0.25, 0.3) is 0 Å². The van der Waals surface area contributed by atoms with Gasteiger partial charge in [-0.15, -0.1) is 0 Å². The Kier molecular flexibility index (Phi) is 7.15. The van der Waals surface area contributed by atoms with E-state index in [0.717, 1.165) is 15.5 Å². The quantitative estimate of drug-likeness (QED) is 0.531. The monoisotopic (exact) mass is 457 g/mol. The van der Waals surface area contributed by atoms with Crippen molar-refractivity contribution in [3.8, 4) is 5.75 Å². The van der Waals surface area contributed by atoms with Crippen LogP contribution in [0.4, 0.5) is 5.69 Å². The van der Waals surface area contributed by atoms with E-state index in [-0.39, 0.29) is 13.0 Å². The summed E-state index contributed by atoms with van der Waals surface area (Å²) in [7, 11) is 0. The summed E-state index contributed by atoms with van der Waals surface area (Å²) >= 11 is 5.83. The summed E-state index contributed by atoms with van der Waals surface area (Å²) in [6, 6.07) is 12.3. The third-order valence-electron chi connectivity index (χ3n) is 4.95. The van der Waals surface area contributed by atoms with Crippen LogP contribution in [0.5, 0.6) is 5.75 Å². The van der Waals surface area contributed by atoms with Crippen molar-refractivity contribution in [3.63, 3.8) is 0 Å². The standard InChI is InChI=1S/C23H24ClN3O5/c1-14(2)22(30)27(25-20(28)13-32-17-10-8-16(24)9-11-17)19-12-21(29)26(23(19)31)18-7-5-4-6-15(18)3/h4-11,14,19H,12-13H2,1-3H3,(H,25,28). The fourth-order valence-electron chi connectivity index (χ4n) is 3.30. The van der Waals surface area contributed by atoms with E-state index in [1.54, 1.807) is 69.3 Å². The van der Waals surface area contributed by atoms with Gasteiger partial charge in [0.1, 0.15) is 11.8 Å². The van der Waals surface area contributed by atoms with Crippen LogP contribution in [-0.4, -0.2) is 41.3 Å². The SMILES string of the molecule is Cc1ccccc1N1C(=O)CC(N(NC(=O)COc2ccc(Cl)cc2)C(=O)C(C)C)C1=O. The third-order valence-corrected chi connectivity index (χ3v) is 5.20. The average molecular weight is 458 g/mol. The van der Waals surface area contributed by atoms with Gasteiger partial charge in [0.15, 0.2) is 6.61 Å². The molecule has 0 saturated carbocycles. The lowest BCUT2D eigenvalue weighted by atomic mass is 10.1. The molecule has 1 heterocycles. The van der Waals surface area contributed by atoms with Gasteiger partial charge in [-0.25, -0.2) is 9.91 Å². The van der Waals surface area contributed by atoms with Crippen molar-refractivity contribution in [2.75, 3.05) is 11.5 Å². The van der Waals surface area contributed by atoms with Gasteiger partial charge in [-0.2, -0.15) is 0 Å². The lowest BCUT2D eigenvalue weighted by molar-refractivity contribution is -0.150. The number of hydrazine groups is 1. The van der Waals surface area contributed by atoms with Crippen LogP contribution in [0.15, 0.2) is 48.5 Å². The first-order valence-corrected chi connectivity index (χ1v) is 10.5. The molecule has 0 spiro atoms. The molecule has 0 aromatic heterocycles. The number of para-hydroxylation sites is 1. The average Bonchev–Trinajstić information content (AvgIpc) is 3.05. The Morgan fingerprint density at radius 3 is 2.44 bits per heavy atom. The lowest BCUT2D eigenvalue weighted by Gasteiger charge is -2.29. The molecule has 4 amide bonds. The Balaban J connectivity index is 1.76. The fraction of sp³-hybridized carbons (Fsp3) is 0.304. The van der Waals surface area contributed by atoms with Crippen LogP contribution in [0, 0.1) is 12.8 Å². The molecule has 168 valence electrons. The Morgan fingerprint density at radius 1 is 1.16 bits per heavy atom. The van der Waals surface area contributed by atoms with Crippen molar-refractivity contribution in [1.82, 2.24) is 10.4 Å². The molecule has 1 N–H and O–H groups in total. The Morgan fingerprint density at radius 2 is 1.81 bits per heavy atom. The highest BCUT2D eigenvalue weighted by atomic mass is 35.5. The van der Waals surface area contributed by atoms with Crippen molar-refractivity contribution in [2.45, 2.75) is 33.2 Å². The largest absolute Gasteiger partial charge is 0.484 e. The number of amides is 4. The van der Waals surface area contributed by atoms with E-state index in [4.69, 9.17) is 16.3 Å². The van der Waals surface area contributed by atoms with Crippen LogP contribution in [0.3, 0.4) is 0 Å². The molecule has 1 aliphatic heterocycles. The first kappa shape index (κ1) is 23.3. The van der Waals surface area contributed by atoms with Crippen molar-refractivity contribution in [1.29, 1.82) is 0 Å². The number of carbonyl (C=O) groups is 4. The molecule has 1 saturated heterocycles. The van der Waals surface area contributed by atoms with Crippen LogP contribution in [-0.2, 0) is 19.2 Å². The number of anilines is 1. The maximum atomic E-state index is 13.1. The first-order chi connectivity index (χ1) is 15.2. The van der Waals surface area contributed by atoms with E-state index in [2.05, 4.69) is 5.43 Å². The summed E-state index contributed by atoms with van der Waals surface area (Å²) in [5, 5.41) is 1.48. The summed E-state index contributed by atoms with van der Waals surface area (Å²) in [6.45, 7) is 4.69. The number of hydrogen-bond acceptors (Lipinski definition) is 5. The summed E-state index contributed by atoms with van der Waals surface area (Å²) in [4.78, 5) is 52.2. The molecule has 1 aliphatic rings. The van der Waals surface area contributed by atoms with Crippen LogP contribution in [0.2, 0.25) is 5.02 Å². The van der Waals surface area contributed by atoms with E-state index in [0.29, 0.717) is 16.5 Å². The maximum absolute atomic E-state index is 13.1. The normalized spacial score (nSPS) is 15.8. The molecule has 0 bridgehead atoms. The minimum Gasteiger partial charge on any atom is -0.484 e. The van der Waals surface area contributed by atoms with Gasteiger partial charge in [-0.1, -0.05) is 43.6 Å². The second kappa shape index (κ2) is 9.82. The zero-order valence-corrected chi connectivity index (χ0v) is 18.8. The highest BCUT2D eigenvalue weighted by Gasteiger charge is 2.46. The minimum absolute atomic E-state index is 0.232. The van der Waals surface area contributed by atoms with Gasteiger partial charge in [0, 0.05) is 10.9 Å². The van der Waals surface area contributed by atoms with E-state index in [1.807, 2.05) is 0 Å². The highest BCUT2D eigenvalue weighted by Crippen LogP contribution is 2.28. The van der Waals surface area contributed by atoms with Crippen LogP contribution < -0.4 is 15.1 Å². The van der Waals surface area contributed by atoms with Crippen LogP contribution in [0.1, 0.15) is 25.8 Å². The number of imide groups is 1. The van der Waals surface area contributed by atoms with Gasteiger partial charge in [-0.3, -0.25) is 24.6 Å². The van der Waals surface area contributed by atoms with Crippen molar-refractivity contribution >= 4 is 40.9 Å². The molecule has 1 atom stereocenters. The van der Waals surface area contributed by atoms with E-state index in [9.17, 15) is 19.2 Å². The summed E-state index contributed by atoms with van der Waals surface area (Å²) in [5.74, 6) is -2.22. The molecule has 32 heavy (non-hydrogen) atoms. The topological polar surface area (TPSA) is 96.0 Å². The molecule has 0 aliphatic carbocycles. The second-order valence-electron chi connectivity index (χ2n) is 7.71. The van der Waals surface area contributed by atoms with Crippen molar-refractivity contribution in [3.05, 3.63) is 59.1 Å². The van der Waals surface area contributed by atoms with Gasteiger partial charge in [0.2, 0.25) is 11.8 Å². The van der Waals surface area contributed by atoms with Gasteiger partial charge in [0.25, 0.3) is 11.8 Å². The van der Waals surface area contributed by atoms with Gasteiger partial charge in [-0.05, 0) is 42.8 Å². The number of nitrogens with zero attached hydrogens (tertiary/aromatic N) is 2. The molecular formula is C23H24ClN3O5. The fourth-order valence-corrected chi connectivity index (χ4v) is 3.42. The van der Waals surface area contributed by atoms with E-state index in [1.165, 1.54) is 0 Å². The summed E-state index contributed by atoms with van der Waals surface area (Å²) < 4.78 is 5.41. The van der Waals surface area contributed by atoms with E-state index >= 15 is 0 Å².